The SMILES string of the molecule is CCCNC(=O)Cn1c(=O)c2c(C(=O)OC)cc(C)nc2n(-c2ccccc2)c1=O. The van der Waals surface area contributed by atoms with Gasteiger partial charge in [0.05, 0.1) is 23.7 Å². The molecule has 2 aromatic heterocycles. The molecule has 1 amide bonds. The zero-order chi connectivity index (χ0) is 21.8. The van der Waals surface area contributed by atoms with Crippen molar-refractivity contribution in [3.63, 3.8) is 0 Å². The number of hydrogen-bond acceptors (Lipinski definition) is 6. The van der Waals surface area contributed by atoms with Gasteiger partial charge in [-0.2, -0.15) is 0 Å². The number of carbonyl (C=O) groups is 2. The van der Waals surface area contributed by atoms with Crippen LogP contribution in [0.25, 0.3) is 16.7 Å². The quantitative estimate of drug-likeness (QED) is 0.611. The van der Waals surface area contributed by atoms with Gasteiger partial charge in [-0.25, -0.2) is 23.7 Å². The van der Waals surface area contributed by atoms with E-state index in [0.717, 1.165) is 4.57 Å². The Balaban J connectivity index is 2.41. The van der Waals surface area contributed by atoms with Crippen molar-refractivity contribution in [2.45, 2.75) is 26.8 Å². The van der Waals surface area contributed by atoms with Gasteiger partial charge in [-0.1, -0.05) is 25.1 Å². The lowest BCUT2D eigenvalue weighted by molar-refractivity contribution is -0.121. The third-order valence-corrected chi connectivity index (χ3v) is 4.52. The molecule has 9 nitrogen and oxygen atoms in total. The van der Waals surface area contributed by atoms with E-state index < -0.39 is 29.7 Å². The normalized spacial score (nSPS) is 10.8. The predicted octanol–water partition coefficient (Wildman–Crippen LogP) is 1.17. The molecule has 156 valence electrons. The Bertz CT molecular complexity index is 1230. The molecule has 0 bridgehead atoms. The van der Waals surface area contributed by atoms with E-state index in [9.17, 15) is 19.2 Å². The molecule has 3 rings (SSSR count). The Morgan fingerprint density at radius 1 is 1.17 bits per heavy atom. The monoisotopic (exact) mass is 410 g/mol. The highest BCUT2D eigenvalue weighted by Crippen LogP contribution is 2.18. The standard InChI is InChI=1S/C21H22N4O5/c1-4-10-22-16(26)12-24-19(27)17-15(20(28)30-3)11-13(2)23-18(17)25(21(24)29)14-8-6-5-7-9-14/h5-9,11H,4,10,12H2,1-3H3,(H,22,26). The second-order valence-electron chi connectivity index (χ2n) is 6.70. The van der Waals surface area contributed by atoms with Crippen molar-refractivity contribution in [2.75, 3.05) is 13.7 Å². The summed E-state index contributed by atoms with van der Waals surface area (Å²) in [5.74, 6) is -1.21. The minimum atomic E-state index is -0.776. The number of benzene rings is 1. The van der Waals surface area contributed by atoms with E-state index in [1.807, 2.05) is 6.92 Å². The Hall–Kier alpha value is -3.75. The van der Waals surface area contributed by atoms with E-state index in [1.165, 1.54) is 17.7 Å². The molecule has 0 saturated carbocycles. The molecule has 9 heteroatoms. The summed E-state index contributed by atoms with van der Waals surface area (Å²) < 4.78 is 6.86. The van der Waals surface area contributed by atoms with E-state index in [2.05, 4.69) is 10.3 Å². The van der Waals surface area contributed by atoms with Gasteiger partial charge in [-0.15, -0.1) is 0 Å². The maximum atomic E-state index is 13.3. The maximum Gasteiger partial charge on any atom is 0.338 e. The highest BCUT2D eigenvalue weighted by Gasteiger charge is 2.23. The van der Waals surface area contributed by atoms with E-state index in [4.69, 9.17) is 4.74 Å². The van der Waals surface area contributed by atoms with Crippen molar-refractivity contribution in [3.8, 4) is 5.69 Å². The molecule has 0 radical (unpaired) electrons. The molecule has 0 aliphatic carbocycles. The van der Waals surface area contributed by atoms with E-state index in [0.29, 0.717) is 24.3 Å². The number of fused-ring (bicyclic) bond motifs is 1. The summed E-state index contributed by atoms with van der Waals surface area (Å²) in [6, 6.07) is 10.0. The van der Waals surface area contributed by atoms with Gasteiger partial charge < -0.3 is 10.1 Å². The summed E-state index contributed by atoms with van der Waals surface area (Å²) >= 11 is 0. The summed E-state index contributed by atoms with van der Waals surface area (Å²) in [4.78, 5) is 55.5. The summed E-state index contributed by atoms with van der Waals surface area (Å²) in [5.41, 5.74) is -0.603. The van der Waals surface area contributed by atoms with Crippen LogP contribution in [0.4, 0.5) is 0 Å². The van der Waals surface area contributed by atoms with Crippen LogP contribution in [-0.2, 0) is 16.1 Å². The Kier molecular flexibility index (Phi) is 6.10. The average Bonchev–Trinajstić information content (AvgIpc) is 2.74. The third-order valence-electron chi connectivity index (χ3n) is 4.52. The number of nitrogens with zero attached hydrogens (tertiary/aromatic N) is 3. The molecular formula is C21H22N4O5. The number of carbonyl (C=O) groups excluding carboxylic acids is 2. The minimum absolute atomic E-state index is 0.0163. The molecular weight excluding hydrogens is 388 g/mol. The van der Waals surface area contributed by atoms with Crippen LogP contribution in [0.3, 0.4) is 0 Å². The molecule has 0 aliphatic rings. The Labute approximate surface area is 171 Å². The molecule has 1 N–H and O–H groups in total. The van der Waals surface area contributed by atoms with Crippen molar-refractivity contribution in [1.82, 2.24) is 19.4 Å². The lowest BCUT2D eigenvalue weighted by Gasteiger charge is -2.15. The van der Waals surface area contributed by atoms with Crippen LogP contribution in [0.15, 0.2) is 46.0 Å². The Morgan fingerprint density at radius 2 is 1.87 bits per heavy atom. The first-order valence-electron chi connectivity index (χ1n) is 9.46. The molecule has 0 aliphatic heterocycles. The molecule has 2 heterocycles. The van der Waals surface area contributed by atoms with Gasteiger partial charge in [-0.3, -0.25) is 9.59 Å². The number of para-hydroxylation sites is 1. The number of pyridine rings is 1. The summed E-state index contributed by atoms with van der Waals surface area (Å²) in [6.07, 6.45) is 0.711. The first-order chi connectivity index (χ1) is 14.4. The second-order valence-corrected chi connectivity index (χ2v) is 6.70. The molecule has 3 aromatic rings. The highest BCUT2D eigenvalue weighted by molar-refractivity contribution is 6.02. The number of nitrogens with one attached hydrogen (secondary N) is 1. The lowest BCUT2D eigenvalue weighted by atomic mass is 10.1. The molecule has 30 heavy (non-hydrogen) atoms. The predicted molar refractivity (Wildman–Crippen MR) is 111 cm³/mol. The van der Waals surface area contributed by atoms with Gasteiger partial charge in [0.2, 0.25) is 5.91 Å². The highest BCUT2D eigenvalue weighted by atomic mass is 16.5. The van der Waals surface area contributed by atoms with Crippen molar-refractivity contribution < 1.29 is 14.3 Å². The fraction of sp³-hybridized carbons (Fsp3) is 0.286. The van der Waals surface area contributed by atoms with Crippen molar-refractivity contribution >= 4 is 22.9 Å². The van der Waals surface area contributed by atoms with Crippen LogP contribution >= 0.6 is 0 Å². The van der Waals surface area contributed by atoms with E-state index in [1.54, 1.807) is 37.3 Å². The number of hydrogen-bond donors (Lipinski definition) is 1. The van der Waals surface area contributed by atoms with Crippen LogP contribution in [0.2, 0.25) is 0 Å². The first kappa shape index (κ1) is 21.0. The number of aromatic nitrogens is 3. The molecule has 0 atom stereocenters. The second kappa shape index (κ2) is 8.73. The fourth-order valence-corrected chi connectivity index (χ4v) is 3.15. The smallest absolute Gasteiger partial charge is 0.338 e. The van der Waals surface area contributed by atoms with Crippen molar-refractivity contribution in [1.29, 1.82) is 0 Å². The summed E-state index contributed by atoms with van der Waals surface area (Å²) in [7, 11) is 1.20. The van der Waals surface area contributed by atoms with Crippen LogP contribution in [0.1, 0.15) is 29.4 Å². The molecule has 0 saturated heterocycles. The summed E-state index contributed by atoms with van der Waals surface area (Å²) in [5, 5.41) is 2.56. The number of ether oxygens (including phenoxy) is 1. The van der Waals surface area contributed by atoms with Gasteiger partial charge in [-0.05, 0) is 31.5 Å². The number of aryl methyl sites for hydroxylation is 1. The van der Waals surface area contributed by atoms with Crippen LogP contribution in [0.5, 0.6) is 0 Å². The van der Waals surface area contributed by atoms with Crippen LogP contribution in [-0.4, -0.2) is 39.6 Å². The number of esters is 1. The van der Waals surface area contributed by atoms with E-state index >= 15 is 0 Å². The lowest BCUT2D eigenvalue weighted by Crippen LogP contribution is -2.44. The zero-order valence-electron chi connectivity index (χ0n) is 17.0. The zero-order valence-corrected chi connectivity index (χ0v) is 17.0. The van der Waals surface area contributed by atoms with Gasteiger partial charge >= 0.3 is 11.7 Å². The number of amides is 1. The van der Waals surface area contributed by atoms with Crippen molar-refractivity contribution in [2.24, 2.45) is 0 Å². The van der Waals surface area contributed by atoms with Gasteiger partial charge in [0.1, 0.15) is 6.54 Å². The molecule has 1 aromatic carbocycles. The Morgan fingerprint density at radius 3 is 2.50 bits per heavy atom. The van der Waals surface area contributed by atoms with Crippen LogP contribution in [0, 0.1) is 6.92 Å². The average molecular weight is 410 g/mol. The molecule has 0 fully saturated rings. The largest absolute Gasteiger partial charge is 0.465 e. The molecule has 0 unspecified atom stereocenters. The third kappa shape index (κ3) is 3.86. The first-order valence-corrected chi connectivity index (χ1v) is 9.46. The van der Waals surface area contributed by atoms with E-state index in [-0.39, 0.29) is 16.6 Å². The summed E-state index contributed by atoms with van der Waals surface area (Å²) in [6.45, 7) is 3.48. The number of rotatable bonds is 6. The fourth-order valence-electron chi connectivity index (χ4n) is 3.15. The topological polar surface area (TPSA) is 112 Å². The molecule has 0 spiro atoms. The van der Waals surface area contributed by atoms with Gasteiger partial charge in [0.15, 0.2) is 5.65 Å². The number of methoxy groups -OCH3 is 1. The van der Waals surface area contributed by atoms with Gasteiger partial charge in [0.25, 0.3) is 5.56 Å². The maximum absolute atomic E-state index is 13.3. The van der Waals surface area contributed by atoms with Crippen molar-refractivity contribution in [3.05, 3.63) is 68.5 Å². The van der Waals surface area contributed by atoms with Crippen LogP contribution < -0.4 is 16.6 Å². The van der Waals surface area contributed by atoms with Gasteiger partial charge in [0, 0.05) is 12.2 Å². The minimum Gasteiger partial charge on any atom is -0.465 e.